The molecule has 1 saturated heterocycles. The average molecular weight is 275 g/mol. The van der Waals surface area contributed by atoms with Gasteiger partial charge in [0.2, 0.25) is 0 Å². The van der Waals surface area contributed by atoms with E-state index in [0.717, 1.165) is 24.5 Å². The fourth-order valence-electron chi connectivity index (χ4n) is 2.44. The van der Waals surface area contributed by atoms with Gasteiger partial charge >= 0.3 is 0 Å². The number of amides is 1. The first-order valence-electron chi connectivity index (χ1n) is 6.42. The van der Waals surface area contributed by atoms with E-state index in [-0.39, 0.29) is 10.7 Å². The van der Waals surface area contributed by atoms with Crippen molar-refractivity contribution in [3.8, 4) is 0 Å². The topological polar surface area (TPSA) is 37.6 Å². The first kappa shape index (κ1) is 12.5. The molecule has 19 heavy (non-hydrogen) atoms. The molecular weight excluding hydrogens is 258 g/mol. The Balaban J connectivity index is 1.91. The van der Waals surface area contributed by atoms with Crippen LogP contribution in [0.4, 0.5) is 0 Å². The van der Waals surface area contributed by atoms with E-state index >= 15 is 0 Å². The lowest BCUT2D eigenvalue weighted by molar-refractivity contribution is 0.0741. The molecule has 3 heterocycles. The third-order valence-electron chi connectivity index (χ3n) is 3.35. The highest BCUT2D eigenvalue weighted by Gasteiger charge is 2.31. The van der Waals surface area contributed by atoms with Crippen molar-refractivity contribution in [3.05, 3.63) is 36.3 Å². The number of thioether (sulfide) groups is 1. The Morgan fingerprint density at radius 1 is 1.42 bits per heavy atom. The minimum Gasteiger partial charge on any atom is -0.335 e. The van der Waals surface area contributed by atoms with Crippen molar-refractivity contribution >= 4 is 23.3 Å². The second-order valence-electron chi connectivity index (χ2n) is 5.41. The predicted octanol–water partition coefficient (Wildman–Crippen LogP) is 2.30. The highest BCUT2D eigenvalue weighted by Crippen LogP contribution is 2.30. The van der Waals surface area contributed by atoms with Gasteiger partial charge in [0, 0.05) is 29.8 Å². The molecule has 0 radical (unpaired) electrons. The van der Waals surface area contributed by atoms with Crippen LogP contribution in [0.25, 0.3) is 5.65 Å². The summed E-state index contributed by atoms with van der Waals surface area (Å²) in [5.41, 5.74) is 1.47. The number of fused-ring (bicyclic) bond motifs is 1. The predicted molar refractivity (Wildman–Crippen MR) is 77.6 cm³/mol. The number of nitrogens with zero attached hydrogens (tertiary/aromatic N) is 3. The molecular formula is C14H17N3OS. The summed E-state index contributed by atoms with van der Waals surface area (Å²) in [7, 11) is 0. The molecule has 0 N–H and O–H groups in total. The van der Waals surface area contributed by atoms with E-state index in [1.807, 2.05) is 45.5 Å². The maximum absolute atomic E-state index is 12.6. The minimum absolute atomic E-state index is 0.0760. The summed E-state index contributed by atoms with van der Waals surface area (Å²) in [5.74, 6) is 1.07. The van der Waals surface area contributed by atoms with E-state index < -0.39 is 0 Å². The molecule has 1 fully saturated rings. The van der Waals surface area contributed by atoms with Crippen molar-refractivity contribution < 1.29 is 4.79 Å². The van der Waals surface area contributed by atoms with Crippen molar-refractivity contribution in [1.82, 2.24) is 14.3 Å². The van der Waals surface area contributed by atoms with Crippen LogP contribution in [0.3, 0.4) is 0 Å². The van der Waals surface area contributed by atoms with Crippen molar-refractivity contribution in [2.45, 2.75) is 18.6 Å². The Hall–Kier alpha value is -1.49. The Bertz CT molecular complexity index is 620. The standard InChI is InChI=1S/C14H17N3OS/c1-14(2)10-16(7-8-19-14)13(18)11-9-15-12-5-3-4-6-17(11)12/h3-6,9H,7-8,10H2,1-2H3. The molecule has 1 aliphatic heterocycles. The fourth-order valence-corrected chi connectivity index (χ4v) is 3.55. The van der Waals surface area contributed by atoms with E-state index in [9.17, 15) is 4.79 Å². The van der Waals surface area contributed by atoms with Gasteiger partial charge in [-0.1, -0.05) is 6.07 Å². The second kappa shape index (κ2) is 4.56. The normalized spacial score (nSPS) is 18.7. The summed E-state index contributed by atoms with van der Waals surface area (Å²) in [6.07, 6.45) is 3.56. The van der Waals surface area contributed by atoms with E-state index in [1.165, 1.54) is 0 Å². The zero-order chi connectivity index (χ0) is 13.5. The van der Waals surface area contributed by atoms with E-state index in [2.05, 4.69) is 18.8 Å². The summed E-state index contributed by atoms with van der Waals surface area (Å²) in [4.78, 5) is 18.8. The molecule has 2 aromatic heterocycles. The lowest BCUT2D eigenvalue weighted by Crippen LogP contribution is -2.46. The van der Waals surface area contributed by atoms with Crippen LogP contribution in [0.1, 0.15) is 24.3 Å². The number of carbonyl (C=O) groups excluding carboxylic acids is 1. The SMILES string of the molecule is CC1(C)CN(C(=O)c2cnc3ccccn23)CCS1. The van der Waals surface area contributed by atoms with Crippen LogP contribution in [0.5, 0.6) is 0 Å². The van der Waals surface area contributed by atoms with Crippen LogP contribution >= 0.6 is 11.8 Å². The molecule has 0 bridgehead atoms. The third kappa shape index (κ3) is 2.34. The van der Waals surface area contributed by atoms with Gasteiger partial charge in [0.05, 0.1) is 6.20 Å². The maximum Gasteiger partial charge on any atom is 0.272 e. The Morgan fingerprint density at radius 2 is 2.26 bits per heavy atom. The van der Waals surface area contributed by atoms with Crippen LogP contribution < -0.4 is 0 Å². The van der Waals surface area contributed by atoms with Gasteiger partial charge in [0.1, 0.15) is 11.3 Å². The second-order valence-corrected chi connectivity index (χ2v) is 7.21. The highest BCUT2D eigenvalue weighted by molar-refractivity contribution is 8.00. The first-order valence-corrected chi connectivity index (χ1v) is 7.41. The Kier molecular flexibility index (Phi) is 3.01. The Morgan fingerprint density at radius 3 is 3.05 bits per heavy atom. The van der Waals surface area contributed by atoms with Gasteiger partial charge < -0.3 is 4.90 Å². The number of pyridine rings is 1. The number of hydrogen-bond donors (Lipinski definition) is 0. The van der Waals surface area contributed by atoms with Gasteiger partial charge in [-0.05, 0) is 26.0 Å². The molecule has 0 aliphatic carbocycles. The molecule has 3 rings (SSSR count). The Labute approximate surface area is 116 Å². The molecule has 0 saturated carbocycles. The molecule has 1 amide bonds. The largest absolute Gasteiger partial charge is 0.335 e. The third-order valence-corrected chi connectivity index (χ3v) is 4.65. The van der Waals surface area contributed by atoms with Crippen molar-refractivity contribution in [2.75, 3.05) is 18.8 Å². The lowest BCUT2D eigenvalue weighted by Gasteiger charge is -2.37. The number of imidazole rings is 1. The van der Waals surface area contributed by atoms with Crippen LogP contribution in [-0.4, -0.2) is 43.8 Å². The quantitative estimate of drug-likeness (QED) is 0.801. The molecule has 4 nitrogen and oxygen atoms in total. The number of rotatable bonds is 1. The molecule has 0 atom stereocenters. The highest BCUT2D eigenvalue weighted by atomic mass is 32.2. The van der Waals surface area contributed by atoms with Gasteiger partial charge in [-0.15, -0.1) is 0 Å². The van der Waals surface area contributed by atoms with Crippen LogP contribution in [0.15, 0.2) is 30.6 Å². The molecule has 0 aromatic carbocycles. The molecule has 0 unspecified atom stereocenters. The smallest absolute Gasteiger partial charge is 0.272 e. The van der Waals surface area contributed by atoms with Crippen molar-refractivity contribution in [1.29, 1.82) is 0 Å². The first-order chi connectivity index (χ1) is 9.07. The zero-order valence-corrected chi connectivity index (χ0v) is 12.0. The van der Waals surface area contributed by atoms with E-state index in [4.69, 9.17) is 0 Å². The van der Waals surface area contributed by atoms with Gasteiger partial charge in [-0.3, -0.25) is 9.20 Å². The van der Waals surface area contributed by atoms with Crippen LogP contribution in [0.2, 0.25) is 0 Å². The number of hydrogen-bond acceptors (Lipinski definition) is 3. The lowest BCUT2D eigenvalue weighted by atomic mass is 10.2. The minimum atomic E-state index is 0.0760. The summed E-state index contributed by atoms with van der Waals surface area (Å²) in [5, 5.41) is 0. The maximum atomic E-state index is 12.6. The summed E-state index contributed by atoms with van der Waals surface area (Å²) in [6.45, 7) is 5.97. The molecule has 100 valence electrons. The molecule has 2 aromatic rings. The molecule has 1 aliphatic rings. The zero-order valence-electron chi connectivity index (χ0n) is 11.2. The van der Waals surface area contributed by atoms with Crippen LogP contribution in [-0.2, 0) is 0 Å². The number of aromatic nitrogens is 2. The summed E-state index contributed by atoms with van der Waals surface area (Å²) < 4.78 is 1.99. The summed E-state index contributed by atoms with van der Waals surface area (Å²) >= 11 is 1.93. The van der Waals surface area contributed by atoms with E-state index in [0.29, 0.717) is 5.69 Å². The van der Waals surface area contributed by atoms with Crippen molar-refractivity contribution in [2.24, 2.45) is 0 Å². The molecule has 5 heteroatoms. The van der Waals surface area contributed by atoms with Gasteiger partial charge in [0.15, 0.2) is 0 Å². The fraction of sp³-hybridized carbons (Fsp3) is 0.429. The van der Waals surface area contributed by atoms with Gasteiger partial charge in [0.25, 0.3) is 5.91 Å². The summed E-state index contributed by atoms with van der Waals surface area (Å²) in [6, 6.07) is 5.76. The van der Waals surface area contributed by atoms with Crippen molar-refractivity contribution in [3.63, 3.8) is 0 Å². The van der Waals surface area contributed by atoms with Gasteiger partial charge in [-0.2, -0.15) is 11.8 Å². The average Bonchev–Trinajstić information content (AvgIpc) is 2.80. The molecule has 0 spiro atoms. The number of carbonyl (C=O) groups is 1. The van der Waals surface area contributed by atoms with Gasteiger partial charge in [-0.25, -0.2) is 4.98 Å². The van der Waals surface area contributed by atoms with Crippen LogP contribution in [0, 0.1) is 0 Å². The van der Waals surface area contributed by atoms with E-state index in [1.54, 1.807) is 6.20 Å². The monoisotopic (exact) mass is 275 g/mol.